The van der Waals surface area contributed by atoms with Gasteiger partial charge in [0, 0.05) is 26.6 Å². The maximum atomic E-state index is 13.9. The lowest BCUT2D eigenvalue weighted by atomic mass is 9.77. The highest BCUT2D eigenvalue weighted by Crippen LogP contribution is 2.43. The molecule has 1 heterocycles. The van der Waals surface area contributed by atoms with Gasteiger partial charge in [-0.25, -0.2) is 4.39 Å². The lowest BCUT2D eigenvalue weighted by Gasteiger charge is -2.44. The Morgan fingerprint density at radius 2 is 1.65 bits per heavy atom. The van der Waals surface area contributed by atoms with Crippen molar-refractivity contribution in [2.75, 3.05) is 26.7 Å². The molecule has 2 aromatic carbocycles. The van der Waals surface area contributed by atoms with Gasteiger partial charge in [0.05, 0.1) is 18.6 Å². The zero-order chi connectivity index (χ0) is 22.0. The van der Waals surface area contributed by atoms with Crippen molar-refractivity contribution in [3.63, 3.8) is 0 Å². The van der Waals surface area contributed by atoms with Crippen molar-refractivity contribution in [1.82, 2.24) is 9.80 Å². The summed E-state index contributed by atoms with van der Waals surface area (Å²) in [4.78, 5) is 29.9. The van der Waals surface area contributed by atoms with Crippen LogP contribution in [0, 0.1) is 5.82 Å². The van der Waals surface area contributed by atoms with Crippen LogP contribution in [0.5, 0.6) is 5.75 Å². The molecule has 2 aliphatic rings. The summed E-state index contributed by atoms with van der Waals surface area (Å²) in [6.07, 6.45) is 3.52. The minimum absolute atomic E-state index is 0.00188. The molecule has 4 rings (SSSR count). The van der Waals surface area contributed by atoms with Crippen LogP contribution >= 0.6 is 0 Å². The third-order valence-electron chi connectivity index (χ3n) is 6.84. The molecule has 1 aliphatic carbocycles. The Balaban J connectivity index is 1.63. The average molecular weight is 425 g/mol. The van der Waals surface area contributed by atoms with E-state index in [0.717, 1.165) is 42.6 Å². The lowest BCUT2D eigenvalue weighted by molar-refractivity contribution is -0.145. The summed E-state index contributed by atoms with van der Waals surface area (Å²) in [6, 6.07) is 13.9. The highest BCUT2D eigenvalue weighted by Gasteiger charge is 2.46. The Hall–Kier alpha value is -2.89. The minimum atomic E-state index is -0.601. The maximum absolute atomic E-state index is 13.9. The maximum Gasteiger partial charge on any atom is 0.233 e. The molecular weight excluding hydrogens is 395 g/mol. The second-order valence-corrected chi connectivity index (χ2v) is 8.55. The van der Waals surface area contributed by atoms with Crippen LogP contribution in [0.15, 0.2) is 48.5 Å². The molecule has 1 unspecified atom stereocenters. The van der Waals surface area contributed by atoms with Crippen LogP contribution in [-0.2, 0) is 15.0 Å². The van der Waals surface area contributed by atoms with Crippen LogP contribution in [0.2, 0.25) is 0 Å². The molecule has 1 saturated carbocycles. The number of amides is 2. The molecule has 0 radical (unpaired) electrons. The highest BCUT2D eigenvalue weighted by molar-refractivity contribution is 5.89. The van der Waals surface area contributed by atoms with Crippen LogP contribution in [0.3, 0.4) is 0 Å². The number of nitrogens with zero attached hydrogens (tertiary/aromatic N) is 2. The first kappa shape index (κ1) is 21.3. The molecule has 31 heavy (non-hydrogen) atoms. The van der Waals surface area contributed by atoms with Gasteiger partial charge in [0.1, 0.15) is 11.6 Å². The summed E-state index contributed by atoms with van der Waals surface area (Å²) in [6.45, 7) is 3.03. The van der Waals surface area contributed by atoms with Crippen molar-refractivity contribution in [3.8, 4) is 5.75 Å². The molecule has 1 saturated heterocycles. The van der Waals surface area contributed by atoms with Gasteiger partial charge in [-0.05, 0) is 48.2 Å². The SMILES string of the molecule is COc1ccc(C2CN(C(=O)C3(c4ccc(F)cc4)CCCC3)CCN2C(C)=O)cc1. The second kappa shape index (κ2) is 8.69. The number of piperazine rings is 1. The molecule has 0 spiro atoms. The molecule has 1 aliphatic heterocycles. The van der Waals surface area contributed by atoms with Crippen molar-refractivity contribution in [2.45, 2.75) is 44.1 Å². The Kier molecular flexibility index (Phi) is 5.99. The van der Waals surface area contributed by atoms with Gasteiger partial charge in [0.2, 0.25) is 11.8 Å². The van der Waals surface area contributed by atoms with E-state index in [1.807, 2.05) is 34.1 Å². The molecule has 6 heteroatoms. The molecule has 0 aromatic heterocycles. The number of carbonyl (C=O) groups excluding carboxylic acids is 2. The summed E-state index contributed by atoms with van der Waals surface area (Å²) in [5, 5.41) is 0. The Bertz CT molecular complexity index is 936. The number of benzene rings is 2. The summed E-state index contributed by atoms with van der Waals surface area (Å²) in [5.41, 5.74) is 1.28. The van der Waals surface area contributed by atoms with Gasteiger partial charge in [-0.3, -0.25) is 9.59 Å². The zero-order valence-electron chi connectivity index (χ0n) is 18.1. The third-order valence-corrected chi connectivity index (χ3v) is 6.84. The first-order valence-electron chi connectivity index (χ1n) is 10.9. The Morgan fingerprint density at radius 3 is 2.23 bits per heavy atom. The van der Waals surface area contributed by atoms with Crippen LogP contribution in [0.25, 0.3) is 0 Å². The third kappa shape index (κ3) is 4.03. The molecule has 2 aromatic rings. The zero-order valence-corrected chi connectivity index (χ0v) is 18.1. The number of halogens is 1. The monoisotopic (exact) mass is 424 g/mol. The number of carbonyl (C=O) groups is 2. The standard InChI is InChI=1S/C25H29FN2O3/c1-18(29)28-16-15-27(17-23(28)19-5-11-22(31-2)12-6-19)24(30)25(13-3-4-14-25)20-7-9-21(26)10-8-20/h5-12,23H,3-4,13-17H2,1-2H3. The van der Waals surface area contributed by atoms with E-state index in [9.17, 15) is 14.0 Å². The van der Waals surface area contributed by atoms with Crippen LogP contribution in [-0.4, -0.2) is 48.4 Å². The normalized spacial score (nSPS) is 20.5. The second-order valence-electron chi connectivity index (χ2n) is 8.55. The predicted octanol–water partition coefficient (Wildman–Crippen LogP) is 4.08. The largest absolute Gasteiger partial charge is 0.497 e. The molecular formula is C25H29FN2O3. The molecule has 2 amide bonds. The molecule has 5 nitrogen and oxygen atoms in total. The van der Waals surface area contributed by atoms with Gasteiger partial charge >= 0.3 is 0 Å². The number of methoxy groups -OCH3 is 1. The van der Waals surface area contributed by atoms with Gasteiger partial charge in [-0.2, -0.15) is 0 Å². The van der Waals surface area contributed by atoms with Crippen molar-refractivity contribution >= 4 is 11.8 Å². The summed E-state index contributed by atoms with van der Waals surface area (Å²) >= 11 is 0. The molecule has 0 bridgehead atoms. The summed E-state index contributed by atoms with van der Waals surface area (Å²) in [5.74, 6) is 0.558. The van der Waals surface area contributed by atoms with E-state index < -0.39 is 5.41 Å². The number of ether oxygens (including phenoxy) is 1. The van der Waals surface area contributed by atoms with E-state index in [4.69, 9.17) is 4.74 Å². The lowest BCUT2D eigenvalue weighted by Crippen LogP contribution is -2.55. The van der Waals surface area contributed by atoms with E-state index in [1.54, 1.807) is 26.2 Å². The van der Waals surface area contributed by atoms with Crippen LogP contribution < -0.4 is 4.74 Å². The quantitative estimate of drug-likeness (QED) is 0.743. The first-order valence-corrected chi connectivity index (χ1v) is 10.9. The van der Waals surface area contributed by atoms with Crippen molar-refractivity contribution in [1.29, 1.82) is 0 Å². The molecule has 0 N–H and O–H groups in total. The first-order chi connectivity index (χ1) is 14.9. The topological polar surface area (TPSA) is 49.9 Å². The van der Waals surface area contributed by atoms with E-state index in [2.05, 4.69) is 0 Å². The van der Waals surface area contributed by atoms with Crippen LogP contribution in [0.1, 0.15) is 49.8 Å². The molecule has 2 fully saturated rings. The highest BCUT2D eigenvalue weighted by atomic mass is 19.1. The van der Waals surface area contributed by atoms with Crippen molar-refractivity contribution in [3.05, 3.63) is 65.5 Å². The van der Waals surface area contributed by atoms with E-state index >= 15 is 0 Å². The minimum Gasteiger partial charge on any atom is -0.497 e. The van der Waals surface area contributed by atoms with E-state index in [-0.39, 0.29) is 23.7 Å². The van der Waals surface area contributed by atoms with Gasteiger partial charge in [-0.15, -0.1) is 0 Å². The molecule has 1 atom stereocenters. The smallest absolute Gasteiger partial charge is 0.233 e. The summed E-state index contributed by atoms with van der Waals surface area (Å²) in [7, 11) is 1.62. The predicted molar refractivity (Wildman–Crippen MR) is 116 cm³/mol. The van der Waals surface area contributed by atoms with Crippen molar-refractivity contribution in [2.24, 2.45) is 0 Å². The van der Waals surface area contributed by atoms with E-state index in [0.29, 0.717) is 19.6 Å². The summed E-state index contributed by atoms with van der Waals surface area (Å²) < 4.78 is 18.8. The number of hydrogen-bond acceptors (Lipinski definition) is 3. The fraction of sp³-hybridized carbons (Fsp3) is 0.440. The fourth-order valence-corrected chi connectivity index (χ4v) is 5.13. The molecule has 164 valence electrons. The number of hydrogen-bond donors (Lipinski definition) is 0. The fourth-order valence-electron chi connectivity index (χ4n) is 5.13. The Morgan fingerprint density at radius 1 is 1.00 bits per heavy atom. The van der Waals surface area contributed by atoms with Gasteiger partial charge in [0.25, 0.3) is 0 Å². The average Bonchev–Trinajstić information content (AvgIpc) is 3.30. The van der Waals surface area contributed by atoms with Gasteiger partial charge in [-0.1, -0.05) is 37.1 Å². The van der Waals surface area contributed by atoms with Crippen molar-refractivity contribution < 1.29 is 18.7 Å². The van der Waals surface area contributed by atoms with Gasteiger partial charge < -0.3 is 14.5 Å². The van der Waals surface area contributed by atoms with Gasteiger partial charge in [0.15, 0.2) is 0 Å². The van der Waals surface area contributed by atoms with Crippen LogP contribution in [0.4, 0.5) is 4.39 Å². The van der Waals surface area contributed by atoms with E-state index in [1.165, 1.54) is 12.1 Å². The Labute approximate surface area is 182 Å². The number of rotatable bonds is 4.